The van der Waals surface area contributed by atoms with Crippen LogP contribution in [0.3, 0.4) is 0 Å². The lowest BCUT2D eigenvalue weighted by Gasteiger charge is -2.16. The van der Waals surface area contributed by atoms with Crippen molar-refractivity contribution in [1.82, 2.24) is 0 Å². The number of anilines is 1. The highest BCUT2D eigenvalue weighted by Gasteiger charge is 2.28. The molecule has 1 aromatic carbocycles. The summed E-state index contributed by atoms with van der Waals surface area (Å²) in [4.78, 5) is 24.5. The van der Waals surface area contributed by atoms with Gasteiger partial charge in [0.15, 0.2) is 0 Å². The maximum Gasteiger partial charge on any atom is 0.335 e. The lowest BCUT2D eigenvalue weighted by molar-refractivity contribution is -0.117. The van der Waals surface area contributed by atoms with Crippen LogP contribution in [0.15, 0.2) is 41.0 Å². The van der Waals surface area contributed by atoms with E-state index >= 15 is 0 Å². The Bertz CT molecular complexity index is 645. The van der Waals surface area contributed by atoms with E-state index in [1.807, 2.05) is 0 Å². The average molecular weight is 257 g/mol. The highest BCUT2D eigenvalue weighted by Crippen LogP contribution is 2.31. The zero-order valence-electron chi connectivity index (χ0n) is 10.00. The molecule has 0 spiro atoms. The molecule has 2 aromatic rings. The van der Waals surface area contributed by atoms with Gasteiger partial charge >= 0.3 is 5.97 Å². The molecule has 2 heterocycles. The van der Waals surface area contributed by atoms with Gasteiger partial charge in [0.05, 0.1) is 24.8 Å². The first kappa shape index (κ1) is 11.5. The molecule has 1 aromatic heterocycles. The third-order valence-corrected chi connectivity index (χ3v) is 3.16. The predicted molar refractivity (Wildman–Crippen MR) is 67.0 cm³/mol. The summed E-state index contributed by atoms with van der Waals surface area (Å²) in [6.45, 7) is 0.321. The molecule has 1 N–H and O–H groups in total. The Balaban J connectivity index is 1.97. The Morgan fingerprint density at radius 1 is 1.37 bits per heavy atom. The highest BCUT2D eigenvalue weighted by atomic mass is 16.4. The van der Waals surface area contributed by atoms with E-state index in [1.165, 1.54) is 12.1 Å². The lowest BCUT2D eigenvalue weighted by Crippen LogP contribution is -2.25. The molecule has 0 bridgehead atoms. The molecule has 0 unspecified atom stereocenters. The molecule has 3 rings (SSSR count). The smallest absolute Gasteiger partial charge is 0.335 e. The molecule has 5 heteroatoms. The summed E-state index contributed by atoms with van der Waals surface area (Å²) in [6.07, 6.45) is 1.85. The molecule has 5 nitrogen and oxygen atoms in total. The maximum atomic E-state index is 12.0. The van der Waals surface area contributed by atoms with Gasteiger partial charge in [-0.25, -0.2) is 4.79 Å². The van der Waals surface area contributed by atoms with Crippen molar-refractivity contribution in [1.29, 1.82) is 0 Å². The average Bonchev–Trinajstić information content (AvgIpc) is 2.98. The highest BCUT2D eigenvalue weighted by molar-refractivity contribution is 6.02. The summed E-state index contributed by atoms with van der Waals surface area (Å²) in [7, 11) is 0. The third-order valence-electron chi connectivity index (χ3n) is 3.16. The van der Waals surface area contributed by atoms with Crippen LogP contribution in [-0.2, 0) is 17.8 Å². The molecule has 0 saturated carbocycles. The number of rotatable bonds is 3. The first-order valence-corrected chi connectivity index (χ1v) is 5.84. The predicted octanol–water partition coefficient (Wildman–Crippen LogP) is 2.07. The third kappa shape index (κ3) is 1.99. The lowest BCUT2D eigenvalue weighted by atomic mass is 10.1. The fourth-order valence-corrected chi connectivity index (χ4v) is 2.22. The molecular weight excluding hydrogens is 246 g/mol. The van der Waals surface area contributed by atoms with Crippen LogP contribution < -0.4 is 4.90 Å². The Kier molecular flexibility index (Phi) is 2.59. The second-order valence-electron chi connectivity index (χ2n) is 4.38. The number of carbonyl (C=O) groups is 2. The minimum Gasteiger partial charge on any atom is -0.478 e. The summed E-state index contributed by atoms with van der Waals surface area (Å²) in [5.74, 6) is -0.379. The second kappa shape index (κ2) is 4.28. The van der Waals surface area contributed by atoms with E-state index < -0.39 is 5.97 Å². The molecule has 0 aliphatic carbocycles. The molecule has 0 radical (unpaired) electrons. The van der Waals surface area contributed by atoms with Crippen LogP contribution in [0.25, 0.3) is 0 Å². The molecular formula is C14H11NO4. The van der Waals surface area contributed by atoms with Crippen molar-refractivity contribution in [3.05, 3.63) is 53.5 Å². The van der Waals surface area contributed by atoms with Crippen molar-refractivity contribution in [3.63, 3.8) is 0 Å². The van der Waals surface area contributed by atoms with Gasteiger partial charge in [-0.15, -0.1) is 0 Å². The summed E-state index contributed by atoms with van der Waals surface area (Å²) in [6, 6.07) is 8.28. The molecule has 19 heavy (non-hydrogen) atoms. The minimum absolute atomic E-state index is 0.0473. The Hall–Kier alpha value is -2.56. The van der Waals surface area contributed by atoms with Gasteiger partial charge in [0.2, 0.25) is 5.91 Å². The van der Waals surface area contributed by atoms with Crippen LogP contribution in [0.4, 0.5) is 5.69 Å². The number of hydrogen-bond donors (Lipinski definition) is 1. The molecule has 96 valence electrons. The topological polar surface area (TPSA) is 70.8 Å². The monoisotopic (exact) mass is 257 g/mol. The van der Waals surface area contributed by atoms with Gasteiger partial charge in [0, 0.05) is 5.69 Å². The van der Waals surface area contributed by atoms with E-state index in [4.69, 9.17) is 9.52 Å². The molecule has 0 atom stereocenters. The number of carboxylic acid groups (broad SMARTS) is 1. The number of amides is 1. The molecule has 0 fully saturated rings. The van der Waals surface area contributed by atoms with Crippen molar-refractivity contribution in [2.24, 2.45) is 0 Å². The second-order valence-corrected chi connectivity index (χ2v) is 4.38. The van der Waals surface area contributed by atoms with Crippen LogP contribution in [0, 0.1) is 0 Å². The van der Waals surface area contributed by atoms with Gasteiger partial charge < -0.3 is 14.4 Å². The van der Waals surface area contributed by atoms with Crippen molar-refractivity contribution >= 4 is 17.6 Å². The van der Waals surface area contributed by atoms with Crippen LogP contribution in [-0.4, -0.2) is 17.0 Å². The summed E-state index contributed by atoms with van der Waals surface area (Å²) >= 11 is 0. The standard InChI is InChI=1S/C14H11NO4/c16-13-7-9-3-4-10(14(17)18)6-12(9)15(13)8-11-2-1-5-19-11/h1-6H,7-8H2,(H,17,18). The maximum absolute atomic E-state index is 12.0. The minimum atomic E-state index is -1.000. The van der Waals surface area contributed by atoms with E-state index in [0.29, 0.717) is 24.4 Å². The number of hydrogen-bond acceptors (Lipinski definition) is 3. The van der Waals surface area contributed by atoms with Crippen LogP contribution >= 0.6 is 0 Å². The van der Waals surface area contributed by atoms with Crippen molar-refractivity contribution in [3.8, 4) is 0 Å². The van der Waals surface area contributed by atoms with E-state index in [2.05, 4.69) is 0 Å². The molecule has 0 saturated heterocycles. The van der Waals surface area contributed by atoms with E-state index in [9.17, 15) is 9.59 Å². The largest absolute Gasteiger partial charge is 0.478 e. The summed E-state index contributed by atoms with van der Waals surface area (Å²) < 4.78 is 5.23. The number of aromatic carboxylic acids is 1. The molecule has 1 aliphatic heterocycles. The van der Waals surface area contributed by atoms with Gasteiger partial charge in [0.25, 0.3) is 0 Å². The van der Waals surface area contributed by atoms with Crippen molar-refractivity contribution < 1.29 is 19.1 Å². The Morgan fingerprint density at radius 3 is 2.89 bits per heavy atom. The summed E-state index contributed by atoms with van der Waals surface area (Å²) in [5.41, 5.74) is 1.68. The van der Waals surface area contributed by atoms with Gasteiger partial charge in [-0.05, 0) is 29.8 Å². The van der Waals surface area contributed by atoms with Gasteiger partial charge in [-0.3, -0.25) is 4.79 Å². The number of nitrogens with zero attached hydrogens (tertiary/aromatic N) is 1. The van der Waals surface area contributed by atoms with Crippen LogP contribution in [0.2, 0.25) is 0 Å². The van der Waals surface area contributed by atoms with Gasteiger partial charge in [-0.1, -0.05) is 6.07 Å². The fraction of sp³-hybridized carbons (Fsp3) is 0.143. The zero-order valence-corrected chi connectivity index (χ0v) is 10.00. The van der Waals surface area contributed by atoms with E-state index in [0.717, 1.165) is 5.56 Å². The number of carbonyl (C=O) groups excluding carboxylic acids is 1. The van der Waals surface area contributed by atoms with Gasteiger partial charge in [-0.2, -0.15) is 0 Å². The van der Waals surface area contributed by atoms with Crippen molar-refractivity contribution in [2.75, 3.05) is 4.90 Å². The molecule has 1 aliphatic rings. The van der Waals surface area contributed by atoms with Crippen LogP contribution in [0.5, 0.6) is 0 Å². The fourth-order valence-electron chi connectivity index (χ4n) is 2.22. The Labute approximate surface area is 109 Å². The quantitative estimate of drug-likeness (QED) is 0.913. The SMILES string of the molecule is O=C(O)c1ccc2c(c1)N(Cc1ccco1)C(=O)C2. The Morgan fingerprint density at radius 2 is 2.21 bits per heavy atom. The van der Waals surface area contributed by atoms with Gasteiger partial charge in [0.1, 0.15) is 5.76 Å². The number of fused-ring (bicyclic) bond motifs is 1. The molecule has 1 amide bonds. The van der Waals surface area contributed by atoms with E-state index in [1.54, 1.807) is 29.4 Å². The number of benzene rings is 1. The van der Waals surface area contributed by atoms with Crippen LogP contribution in [0.1, 0.15) is 21.7 Å². The number of furan rings is 1. The normalized spacial score (nSPS) is 13.7. The van der Waals surface area contributed by atoms with Crippen molar-refractivity contribution in [2.45, 2.75) is 13.0 Å². The first-order valence-electron chi connectivity index (χ1n) is 5.84. The van der Waals surface area contributed by atoms with E-state index in [-0.39, 0.29) is 11.5 Å². The first-order chi connectivity index (χ1) is 9.15. The summed E-state index contributed by atoms with van der Waals surface area (Å²) in [5, 5.41) is 9.00. The zero-order chi connectivity index (χ0) is 13.4. The number of carboxylic acids is 1.